The molecule has 0 aliphatic carbocycles. The van der Waals surface area contributed by atoms with Gasteiger partial charge in [0.15, 0.2) is 0 Å². The minimum atomic E-state index is 0. The molecule has 0 saturated heterocycles. The predicted molar refractivity (Wildman–Crippen MR) is 74.1 cm³/mol. The molecule has 0 saturated carbocycles. The lowest BCUT2D eigenvalue weighted by Gasteiger charge is -2.35. The van der Waals surface area contributed by atoms with Crippen LogP contribution in [-0.2, 0) is 0 Å². The van der Waals surface area contributed by atoms with Crippen molar-refractivity contribution in [2.24, 2.45) is 0 Å². The van der Waals surface area contributed by atoms with E-state index < -0.39 is 0 Å². The Hall–Kier alpha value is 1.42. The van der Waals surface area contributed by atoms with E-state index in [0.717, 1.165) is 0 Å². The second-order valence-corrected chi connectivity index (χ2v) is 5.20. The summed E-state index contributed by atoms with van der Waals surface area (Å²) in [6.45, 7) is 12.3. The molecule has 0 amide bonds. The van der Waals surface area contributed by atoms with Gasteiger partial charge in [-0.1, -0.05) is 29.0 Å². The number of alkyl halides is 1. The summed E-state index contributed by atoms with van der Waals surface area (Å²) in [4.78, 5) is 0. The van der Waals surface area contributed by atoms with Gasteiger partial charge in [0.1, 0.15) is 0 Å². The van der Waals surface area contributed by atoms with E-state index in [-0.39, 0.29) is 24.0 Å². The molecule has 0 aliphatic heterocycles. The van der Waals surface area contributed by atoms with Crippen molar-refractivity contribution in [3.63, 3.8) is 0 Å². The van der Waals surface area contributed by atoms with Gasteiger partial charge in [-0.15, -0.1) is 0 Å². The topological polar surface area (TPSA) is 0 Å². The normalized spacial score (nSPS) is 11.2. The second kappa shape index (κ2) is 11.9. The molecular formula is C12H27I2N. The van der Waals surface area contributed by atoms with E-state index >= 15 is 0 Å². The van der Waals surface area contributed by atoms with Gasteiger partial charge in [0, 0.05) is 0 Å². The van der Waals surface area contributed by atoms with Crippen LogP contribution in [0.1, 0.15) is 46.5 Å². The minimum Gasteiger partial charge on any atom is -1.00 e. The first-order valence-electron chi connectivity index (χ1n) is 6.15. The molecule has 1 nitrogen and oxygen atoms in total. The van der Waals surface area contributed by atoms with Gasteiger partial charge in [-0.05, 0) is 44.5 Å². The molecule has 0 rings (SSSR count). The number of hydrogen-bond acceptors (Lipinski definition) is 0. The first kappa shape index (κ1) is 18.8. The Morgan fingerprint density at radius 1 is 0.800 bits per heavy atom. The summed E-state index contributed by atoms with van der Waals surface area (Å²) in [5, 5.41) is 0. The number of hydrogen-bond donors (Lipinski definition) is 0. The number of nitrogens with zero attached hydrogens (tertiary/aromatic N) is 1. The lowest BCUT2D eigenvalue weighted by atomic mass is 10.2. The van der Waals surface area contributed by atoms with E-state index in [4.69, 9.17) is 0 Å². The summed E-state index contributed by atoms with van der Waals surface area (Å²) in [6, 6.07) is 0. The van der Waals surface area contributed by atoms with Crippen molar-refractivity contribution in [3.8, 4) is 0 Å². The van der Waals surface area contributed by atoms with Gasteiger partial charge in [-0.25, -0.2) is 0 Å². The molecular weight excluding hydrogens is 412 g/mol. The Morgan fingerprint density at radius 2 is 1.27 bits per heavy atom. The molecule has 15 heavy (non-hydrogen) atoms. The smallest absolute Gasteiger partial charge is 0.0786 e. The van der Waals surface area contributed by atoms with E-state index in [2.05, 4.69) is 43.4 Å². The van der Waals surface area contributed by atoms with Crippen LogP contribution in [0.15, 0.2) is 0 Å². The van der Waals surface area contributed by atoms with Crippen molar-refractivity contribution in [2.75, 3.05) is 30.6 Å². The zero-order valence-electron chi connectivity index (χ0n) is 10.6. The van der Waals surface area contributed by atoms with Crippen molar-refractivity contribution in [1.82, 2.24) is 0 Å². The second-order valence-electron chi connectivity index (χ2n) is 4.12. The van der Waals surface area contributed by atoms with E-state index in [0.29, 0.717) is 0 Å². The average molecular weight is 439 g/mol. The largest absolute Gasteiger partial charge is 1.00 e. The third-order valence-electron chi connectivity index (χ3n) is 3.53. The molecule has 3 heteroatoms. The standard InChI is InChI=1S/C12H27IN.HI/c1-4-14(5-2,6-3)12-10-8-7-9-11-13;/h4-12H2,1-3H3;1H/q+1;/p-1. The van der Waals surface area contributed by atoms with Crippen molar-refractivity contribution in [2.45, 2.75) is 46.5 Å². The molecule has 0 unspecified atom stereocenters. The van der Waals surface area contributed by atoms with Gasteiger partial charge in [0.05, 0.1) is 26.2 Å². The maximum atomic E-state index is 2.47. The van der Waals surface area contributed by atoms with Gasteiger partial charge >= 0.3 is 0 Å². The van der Waals surface area contributed by atoms with E-state index in [1.54, 1.807) is 0 Å². The molecule has 0 spiro atoms. The molecule has 0 N–H and O–H groups in total. The molecule has 0 heterocycles. The highest BCUT2D eigenvalue weighted by Crippen LogP contribution is 2.10. The van der Waals surface area contributed by atoms with Crippen molar-refractivity contribution in [3.05, 3.63) is 0 Å². The highest BCUT2D eigenvalue weighted by Gasteiger charge is 2.19. The van der Waals surface area contributed by atoms with Gasteiger partial charge in [-0.2, -0.15) is 0 Å². The summed E-state index contributed by atoms with van der Waals surface area (Å²) < 4.78 is 2.65. The first-order chi connectivity index (χ1) is 6.74. The maximum absolute atomic E-state index is 2.47. The molecule has 0 aromatic carbocycles. The fraction of sp³-hybridized carbons (Fsp3) is 1.00. The Kier molecular flexibility index (Phi) is 14.9. The molecule has 0 aromatic rings. The maximum Gasteiger partial charge on any atom is 0.0786 e. The van der Waals surface area contributed by atoms with E-state index in [9.17, 15) is 0 Å². The molecule has 0 bridgehead atoms. The van der Waals surface area contributed by atoms with Crippen LogP contribution in [0.25, 0.3) is 0 Å². The van der Waals surface area contributed by atoms with Crippen LogP contribution >= 0.6 is 22.6 Å². The number of quaternary nitrogens is 1. The highest BCUT2D eigenvalue weighted by atomic mass is 127. The predicted octanol–water partition coefficient (Wildman–Crippen LogP) is 0.862. The van der Waals surface area contributed by atoms with E-state index in [1.807, 2.05) is 0 Å². The van der Waals surface area contributed by atoms with Crippen LogP contribution in [0.4, 0.5) is 0 Å². The van der Waals surface area contributed by atoms with Gasteiger partial charge < -0.3 is 28.5 Å². The Labute approximate surface area is 127 Å². The van der Waals surface area contributed by atoms with Crippen LogP contribution < -0.4 is 24.0 Å². The molecule has 0 aliphatic rings. The van der Waals surface area contributed by atoms with Gasteiger partial charge in [0.25, 0.3) is 0 Å². The molecule has 0 radical (unpaired) electrons. The summed E-state index contributed by atoms with van der Waals surface area (Å²) >= 11 is 2.47. The molecule has 0 fully saturated rings. The van der Waals surface area contributed by atoms with E-state index in [1.165, 1.54) is 60.8 Å². The fourth-order valence-corrected chi connectivity index (χ4v) is 2.58. The zero-order valence-corrected chi connectivity index (χ0v) is 14.9. The monoisotopic (exact) mass is 439 g/mol. The van der Waals surface area contributed by atoms with Crippen LogP contribution in [0.5, 0.6) is 0 Å². The minimum absolute atomic E-state index is 0. The highest BCUT2D eigenvalue weighted by molar-refractivity contribution is 14.1. The SMILES string of the molecule is CC[N+](CC)(CC)CCCCCCI.[I-]. The Morgan fingerprint density at radius 3 is 1.67 bits per heavy atom. The molecule has 0 atom stereocenters. The number of unbranched alkanes of at least 4 members (excludes halogenated alkanes) is 3. The lowest BCUT2D eigenvalue weighted by molar-refractivity contribution is -0.923. The summed E-state index contributed by atoms with van der Waals surface area (Å²) in [6.07, 6.45) is 5.69. The van der Waals surface area contributed by atoms with Crippen LogP contribution in [0.3, 0.4) is 0 Å². The van der Waals surface area contributed by atoms with Crippen LogP contribution in [-0.4, -0.2) is 35.1 Å². The lowest BCUT2D eigenvalue weighted by Crippen LogP contribution is -3.00. The summed E-state index contributed by atoms with van der Waals surface area (Å²) in [5.74, 6) is 0. The molecule has 0 aromatic heterocycles. The fourth-order valence-electron chi connectivity index (χ4n) is 2.04. The van der Waals surface area contributed by atoms with Crippen LogP contribution in [0.2, 0.25) is 0 Å². The quantitative estimate of drug-likeness (QED) is 0.217. The Balaban J connectivity index is 0. The molecule has 94 valence electrons. The number of rotatable bonds is 9. The average Bonchev–Trinajstić information content (AvgIpc) is 2.24. The van der Waals surface area contributed by atoms with Gasteiger partial charge in [0.2, 0.25) is 0 Å². The zero-order chi connectivity index (χ0) is 10.9. The summed E-state index contributed by atoms with van der Waals surface area (Å²) in [5.41, 5.74) is 0. The van der Waals surface area contributed by atoms with Crippen molar-refractivity contribution >= 4 is 22.6 Å². The van der Waals surface area contributed by atoms with Crippen LogP contribution in [0, 0.1) is 0 Å². The van der Waals surface area contributed by atoms with Crippen molar-refractivity contribution < 1.29 is 28.5 Å². The third kappa shape index (κ3) is 8.18. The Bertz CT molecular complexity index is 117. The first-order valence-corrected chi connectivity index (χ1v) is 7.68. The number of halogens is 2. The van der Waals surface area contributed by atoms with Crippen molar-refractivity contribution in [1.29, 1.82) is 0 Å². The van der Waals surface area contributed by atoms with Gasteiger partial charge in [-0.3, -0.25) is 0 Å². The third-order valence-corrected chi connectivity index (χ3v) is 4.29. The summed E-state index contributed by atoms with van der Waals surface area (Å²) in [7, 11) is 0.